The zero-order valence-electron chi connectivity index (χ0n) is 8.30. The summed E-state index contributed by atoms with van der Waals surface area (Å²) in [7, 11) is 0. The smallest absolute Gasteiger partial charge is 0.165 e. The minimum Gasteiger partial charge on any atom is -0.505 e. The minimum atomic E-state index is -0.650. The summed E-state index contributed by atoms with van der Waals surface area (Å²) >= 11 is 0. The van der Waals surface area contributed by atoms with E-state index in [0.717, 1.165) is 0 Å². The Hall–Kier alpha value is -1.38. The molecule has 1 N–H and O–H groups in total. The van der Waals surface area contributed by atoms with Gasteiger partial charge in [-0.3, -0.25) is 4.79 Å². The molecule has 0 amide bonds. The Morgan fingerprint density at radius 1 is 1.29 bits per heavy atom. The summed E-state index contributed by atoms with van der Waals surface area (Å²) in [5.74, 6) is -1.10. The van der Waals surface area contributed by atoms with E-state index in [2.05, 4.69) is 0 Å². The quantitative estimate of drug-likeness (QED) is 0.692. The Labute approximate surface area is 82.4 Å². The molecule has 0 bridgehead atoms. The Morgan fingerprint density at radius 3 is 2.57 bits per heavy atom. The van der Waals surface area contributed by atoms with Gasteiger partial charge in [-0.15, -0.1) is 0 Å². The number of ketones is 1. The van der Waals surface area contributed by atoms with Crippen molar-refractivity contribution in [1.82, 2.24) is 0 Å². The highest BCUT2D eigenvalue weighted by molar-refractivity contribution is 6.00. The molecule has 0 atom stereocenters. The zero-order chi connectivity index (χ0) is 10.7. The molecule has 0 heterocycles. The Kier molecular flexibility index (Phi) is 3.23. The molecule has 0 unspecified atom stereocenters. The number of benzene rings is 1. The maximum atomic E-state index is 12.7. The molecule has 76 valence electrons. The molecule has 1 aromatic carbocycles. The van der Waals surface area contributed by atoms with Crippen LogP contribution in [0.5, 0.6) is 5.75 Å². The molecular formula is C11H13FO2. The lowest BCUT2D eigenvalue weighted by Gasteiger charge is -1.99. The van der Waals surface area contributed by atoms with E-state index in [0.29, 0.717) is 24.0 Å². The highest BCUT2D eigenvalue weighted by Crippen LogP contribution is 2.27. The van der Waals surface area contributed by atoms with Crippen LogP contribution < -0.4 is 0 Å². The van der Waals surface area contributed by atoms with E-state index in [4.69, 9.17) is 5.11 Å². The maximum Gasteiger partial charge on any atom is 0.165 e. The minimum absolute atomic E-state index is 0.0136. The van der Waals surface area contributed by atoms with Gasteiger partial charge in [-0.1, -0.05) is 13.8 Å². The van der Waals surface area contributed by atoms with Crippen LogP contribution in [0.15, 0.2) is 12.1 Å². The van der Waals surface area contributed by atoms with Crippen LogP contribution in [0.1, 0.15) is 36.2 Å². The first kappa shape index (κ1) is 10.7. The van der Waals surface area contributed by atoms with Crippen molar-refractivity contribution in [2.45, 2.75) is 26.7 Å². The molecule has 0 saturated carbocycles. The van der Waals surface area contributed by atoms with Crippen molar-refractivity contribution in [3.63, 3.8) is 0 Å². The number of halogens is 1. The van der Waals surface area contributed by atoms with Crippen LogP contribution in [-0.4, -0.2) is 10.9 Å². The van der Waals surface area contributed by atoms with Crippen LogP contribution in [0.4, 0.5) is 4.39 Å². The number of phenols is 1. The van der Waals surface area contributed by atoms with E-state index in [1.54, 1.807) is 0 Å². The standard InChI is InChI=1S/C9H7FO2.C2H6/c10-7-3-5-1-2-8(11)6(5)4-9(7)12;1-2/h3-4,12H,1-2H2;1-2H3. The fourth-order valence-electron chi connectivity index (χ4n) is 1.45. The molecule has 1 aromatic rings. The summed E-state index contributed by atoms with van der Waals surface area (Å²) in [5, 5.41) is 8.97. The average molecular weight is 196 g/mol. The summed E-state index contributed by atoms with van der Waals surface area (Å²) in [6.45, 7) is 4.00. The van der Waals surface area contributed by atoms with Crippen molar-refractivity contribution in [2.75, 3.05) is 0 Å². The second-order valence-corrected chi connectivity index (χ2v) is 2.88. The van der Waals surface area contributed by atoms with E-state index >= 15 is 0 Å². The number of aryl methyl sites for hydroxylation is 1. The number of aromatic hydroxyl groups is 1. The van der Waals surface area contributed by atoms with Gasteiger partial charge >= 0.3 is 0 Å². The number of phenolic OH excluding ortho intramolecular Hbond substituents is 1. The number of hydrogen-bond acceptors (Lipinski definition) is 2. The van der Waals surface area contributed by atoms with Gasteiger partial charge in [-0.25, -0.2) is 4.39 Å². The van der Waals surface area contributed by atoms with Crippen LogP contribution in [0.2, 0.25) is 0 Å². The molecule has 0 fully saturated rings. The maximum absolute atomic E-state index is 12.7. The van der Waals surface area contributed by atoms with E-state index in [1.165, 1.54) is 12.1 Å². The molecule has 0 spiro atoms. The van der Waals surface area contributed by atoms with Crippen LogP contribution >= 0.6 is 0 Å². The molecule has 1 aliphatic carbocycles. The van der Waals surface area contributed by atoms with Gasteiger partial charge in [0.1, 0.15) is 0 Å². The van der Waals surface area contributed by atoms with Gasteiger partial charge in [-0.05, 0) is 24.1 Å². The first-order chi connectivity index (χ1) is 6.68. The van der Waals surface area contributed by atoms with Crippen molar-refractivity contribution >= 4 is 5.78 Å². The molecule has 14 heavy (non-hydrogen) atoms. The van der Waals surface area contributed by atoms with Gasteiger partial charge in [0.25, 0.3) is 0 Å². The summed E-state index contributed by atoms with van der Waals surface area (Å²) < 4.78 is 12.7. The molecule has 0 saturated heterocycles. The van der Waals surface area contributed by atoms with Crippen molar-refractivity contribution < 1.29 is 14.3 Å². The predicted molar refractivity (Wildman–Crippen MR) is 52.1 cm³/mol. The zero-order valence-corrected chi connectivity index (χ0v) is 8.30. The summed E-state index contributed by atoms with van der Waals surface area (Å²) in [4.78, 5) is 11.1. The second-order valence-electron chi connectivity index (χ2n) is 2.88. The van der Waals surface area contributed by atoms with Crippen molar-refractivity contribution in [3.8, 4) is 5.75 Å². The van der Waals surface area contributed by atoms with Crippen molar-refractivity contribution in [1.29, 1.82) is 0 Å². The van der Waals surface area contributed by atoms with Gasteiger partial charge < -0.3 is 5.11 Å². The van der Waals surface area contributed by atoms with Gasteiger partial charge in [0.15, 0.2) is 17.3 Å². The van der Waals surface area contributed by atoms with E-state index in [9.17, 15) is 9.18 Å². The molecule has 1 aliphatic rings. The van der Waals surface area contributed by atoms with Crippen LogP contribution in [-0.2, 0) is 6.42 Å². The van der Waals surface area contributed by atoms with Crippen LogP contribution in [0.3, 0.4) is 0 Å². The summed E-state index contributed by atoms with van der Waals surface area (Å²) in [6, 6.07) is 2.44. The van der Waals surface area contributed by atoms with E-state index < -0.39 is 11.6 Å². The normalized spacial score (nSPS) is 13.2. The van der Waals surface area contributed by atoms with E-state index in [-0.39, 0.29) is 5.78 Å². The molecule has 0 radical (unpaired) electrons. The van der Waals surface area contributed by atoms with Gasteiger partial charge in [-0.2, -0.15) is 0 Å². The summed E-state index contributed by atoms with van der Waals surface area (Å²) in [6.07, 6.45) is 1.02. The third-order valence-corrected chi connectivity index (χ3v) is 2.09. The third kappa shape index (κ3) is 1.76. The molecule has 2 rings (SSSR count). The van der Waals surface area contributed by atoms with Gasteiger partial charge in [0.05, 0.1) is 0 Å². The van der Waals surface area contributed by atoms with Gasteiger partial charge in [0.2, 0.25) is 0 Å². The summed E-state index contributed by atoms with van der Waals surface area (Å²) in [5.41, 5.74) is 1.17. The lowest BCUT2D eigenvalue weighted by molar-refractivity contribution is 0.0994. The lowest BCUT2D eigenvalue weighted by atomic mass is 10.1. The van der Waals surface area contributed by atoms with Crippen LogP contribution in [0.25, 0.3) is 0 Å². The average Bonchev–Trinajstić information content (AvgIpc) is 2.53. The molecule has 0 aromatic heterocycles. The molecular weight excluding hydrogens is 183 g/mol. The highest BCUT2D eigenvalue weighted by Gasteiger charge is 2.21. The van der Waals surface area contributed by atoms with E-state index in [1.807, 2.05) is 13.8 Å². The fraction of sp³-hybridized carbons (Fsp3) is 0.364. The number of hydrogen-bond donors (Lipinski definition) is 1. The molecule has 2 nitrogen and oxygen atoms in total. The number of carbonyl (C=O) groups excluding carboxylic acids is 1. The largest absolute Gasteiger partial charge is 0.505 e. The number of Topliss-reactive ketones (excluding diaryl/α,β-unsaturated/α-hetero) is 1. The first-order valence-electron chi connectivity index (χ1n) is 4.73. The monoisotopic (exact) mass is 196 g/mol. The molecule has 0 aliphatic heterocycles. The lowest BCUT2D eigenvalue weighted by Crippen LogP contribution is -1.91. The Morgan fingerprint density at radius 2 is 1.93 bits per heavy atom. The Bertz CT molecular complexity index is 359. The third-order valence-electron chi connectivity index (χ3n) is 2.09. The van der Waals surface area contributed by atoms with Crippen LogP contribution in [0, 0.1) is 5.82 Å². The predicted octanol–water partition coefficient (Wildman–Crippen LogP) is 2.69. The first-order valence-corrected chi connectivity index (χ1v) is 4.73. The van der Waals surface area contributed by atoms with Crippen molar-refractivity contribution in [3.05, 3.63) is 29.1 Å². The topological polar surface area (TPSA) is 37.3 Å². The number of fused-ring (bicyclic) bond motifs is 1. The fourth-order valence-corrected chi connectivity index (χ4v) is 1.45. The molecule has 3 heteroatoms. The number of carbonyl (C=O) groups is 1. The highest BCUT2D eigenvalue weighted by atomic mass is 19.1. The Balaban J connectivity index is 0.000000461. The second kappa shape index (κ2) is 4.22. The SMILES string of the molecule is CC.O=C1CCc2cc(F)c(O)cc21. The van der Waals surface area contributed by atoms with Crippen molar-refractivity contribution in [2.24, 2.45) is 0 Å². The van der Waals surface area contributed by atoms with Gasteiger partial charge in [0, 0.05) is 12.0 Å². The number of rotatable bonds is 0.